The molecule has 3 heteroatoms. The van der Waals surface area contributed by atoms with Crippen LogP contribution in [0.4, 0.5) is 0 Å². The van der Waals surface area contributed by atoms with Crippen molar-refractivity contribution in [3.05, 3.63) is 34.9 Å². The lowest BCUT2D eigenvalue weighted by atomic mass is 10.1. The molecule has 15 heavy (non-hydrogen) atoms. The van der Waals surface area contributed by atoms with Gasteiger partial charge in [-0.2, -0.15) is 0 Å². The molecule has 1 aromatic carbocycles. The Morgan fingerprint density at radius 3 is 2.67 bits per heavy atom. The van der Waals surface area contributed by atoms with Gasteiger partial charge in [0, 0.05) is 24.5 Å². The van der Waals surface area contributed by atoms with Crippen LogP contribution in [0.25, 0.3) is 0 Å². The summed E-state index contributed by atoms with van der Waals surface area (Å²) in [4.78, 5) is 1.94. The van der Waals surface area contributed by atoms with Crippen LogP contribution >= 0.6 is 11.6 Å². The van der Waals surface area contributed by atoms with E-state index >= 15 is 0 Å². The second-order valence-electron chi connectivity index (χ2n) is 4.03. The zero-order valence-corrected chi connectivity index (χ0v) is 10.2. The first-order valence-electron chi connectivity index (χ1n) is 5.04. The number of amidine groups is 1. The molecule has 82 valence electrons. The third kappa shape index (κ3) is 3.56. The molecule has 0 heterocycles. The van der Waals surface area contributed by atoms with Gasteiger partial charge >= 0.3 is 0 Å². The molecule has 0 fully saturated rings. The predicted octanol–water partition coefficient (Wildman–Crippen LogP) is 3.41. The largest absolute Gasteiger partial charge is 0.359 e. The average molecular weight is 225 g/mol. The second kappa shape index (κ2) is 5.17. The Morgan fingerprint density at radius 2 is 2.13 bits per heavy atom. The van der Waals surface area contributed by atoms with E-state index < -0.39 is 0 Å². The van der Waals surface area contributed by atoms with Gasteiger partial charge < -0.3 is 4.90 Å². The standard InChI is InChI=1S/C12H17ClN2/c1-9(2)12(14)15(3)8-10-5-4-6-11(13)7-10/h4-7,9,14H,8H2,1-3H3. The molecule has 0 aliphatic heterocycles. The normalized spacial score (nSPS) is 10.5. The molecule has 0 aromatic heterocycles. The van der Waals surface area contributed by atoms with E-state index in [0.717, 1.165) is 17.1 Å². The zero-order chi connectivity index (χ0) is 11.4. The molecule has 0 aliphatic rings. The zero-order valence-electron chi connectivity index (χ0n) is 9.42. The SMILES string of the molecule is CC(C)C(=N)N(C)Cc1cccc(Cl)c1. The Labute approximate surface area is 96.4 Å². The van der Waals surface area contributed by atoms with Crippen molar-refractivity contribution in [1.82, 2.24) is 4.90 Å². The summed E-state index contributed by atoms with van der Waals surface area (Å²) in [6, 6.07) is 7.75. The Hall–Kier alpha value is -1.02. The highest BCUT2D eigenvalue weighted by molar-refractivity contribution is 6.30. The van der Waals surface area contributed by atoms with Gasteiger partial charge in [-0.1, -0.05) is 37.6 Å². The van der Waals surface area contributed by atoms with Crippen LogP contribution in [0.5, 0.6) is 0 Å². The van der Waals surface area contributed by atoms with Crippen LogP contribution in [0, 0.1) is 11.3 Å². The molecule has 0 unspecified atom stereocenters. The Kier molecular flexibility index (Phi) is 4.15. The van der Waals surface area contributed by atoms with Gasteiger partial charge in [-0.25, -0.2) is 0 Å². The highest BCUT2D eigenvalue weighted by Crippen LogP contribution is 2.13. The number of hydrogen-bond acceptors (Lipinski definition) is 1. The Bertz CT molecular complexity index is 347. The van der Waals surface area contributed by atoms with Crippen LogP contribution in [0.15, 0.2) is 24.3 Å². The lowest BCUT2D eigenvalue weighted by Crippen LogP contribution is -2.29. The van der Waals surface area contributed by atoms with Gasteiger partial charge in [0.1, 0.15) is 0 Å². The van der Waals surface area contributed by atoms with Crippen molar-refractivity contribution in [3.8, 4) is 0 Å². The summed E-state index contributed by atoms with van der Waals surface area (Å²) >= 11 is 5.90. The van der Waals surface area contributed by atoms with Crippen LogP contribution in [-0.4, -0.2) is 17.8 Å². The quantitative estimate of drug-likeness (QED) is 0.618. The molecule has 1 aromatic rings. The first-order valence-corrected chi connectivity index (χ1v) is 5.42. The van der Waals surface area contributed by atoms with Gasteiger partial charge in [0.05, 0.1) is 5.84 Å². The van der Waals surface area contributed by atoms with Crippen molar-refractivity contribution >= 4 is 17.4 Å². The first kappa shape index (κ1) is 12.1. The lowest BCUT2D eigenvalue weighted by molar-refractivity contribution is 0.468. The van der Waals surface area contributed by atoms with Crippen LogP contribution in [-0.2, 0) is 6.54 Å². The van der Waals surface area contributed by atoms with Crippen LogP contribution in [0.3, 0.4) is 0 Å². The molecule has 0 atom stereocenters. The van der Waals surface area contributed by atoms with Gasteiger partial charge in [0.25, 0.3) is 0 Å². The molecule has 1 rings (SSSR count). The van der Waals surface area contributed by atoms with Crippen molar-refractivity contribution in [3.63, 3.8) is 0 Å². The first-order chi connectivity index (χ1) is 7.00. The lowest BCUT2D eigenvalue weighted by Gasteiger charge is -2.22. The van der Waals surface area contributed by atoms with E-state index in [9.17, 15) is 0 Å². The average Bonchev–Trinajstić information content (AvgIpc) is 2.16. The molecule has 0 amide bonds. The molecule has 0 aliphatic carbocycles. The monoisotopic (exact) mass is 224 g/mol. The van der Waals surface area contributed by atoms with E-state index in [1.807, 2.05) is 50.1 Å². The summed E-state index contributed by atoms with van der Waals surface area (Å²) in [5.74, 6) is 0.907. The van der Waals surface area contributed by atoms with E-state index in [0.29, 0.717) is 5.84 Å². The van der Waals surface area contributed by atoms with Crippen molar-refractivity contribution in [2.24, 2.45) is 5.92 Å². The van der Waals surface area contributed by atoms with Crippen molar-refractivity contribution in [2.75, 3.05) is 7.05 Å². The van der Waals surface area contributed by atoms with Gasteiger partial charge in [0.15, 0.2) is 0 Å². The minimum Gasteiger partial charge on any atom is -0.359 e. The maximum atomic E-state index is 7.85. The third-order valence-electron chi connectivity index (χ3n) is 2.27. The molecule has 0 spiro atoms. The highest BCUT2D eigenvalue weighted by Gasteiger charge is 2.08. The molecule has 0 saturated carbocycles. The topological polar surface area (TPSA) is 27.1 Å². The maximum absolute atomic E-state index is 7.85. The Morgan fingerprint density at radius 1 is 1.47 bits per heavy atom. The Balaban J connectivity index is 2.66. The fourth-order valence-electron chi connectivity index (χ4n) is 1.44. The summed E-state index contributed by atoms with van der Waals surface area (Å²) in [6.45, 7) is 4.78. The summed E-state index contributed by atoms with van der Waals surface area (Å²) in [7, 11) is 1.93. The third-order valence-corrected chi connectivity index (χ3v) is 2.50. The molecular weight excluding hydrogens is 208 g/mol. The second-order valence-corrected chi connectivity index (χ2v) is 4.46. The summed E-state index contributed by atoms with van der Waals surface area (Å²) in [6.07, 6.45) is 0. The van der Waals surface area contributed by atoms with Crippen molar-refractivity contribution in [2.45, 2.75) is 20.4 Å². The fourth-order valence-corrected chi connectivity index (χ4v) is 1.65. The number of nitrogens with one attached hydrogen (secondary N) is 1. The molecular formula is C12H17ClN2. The van der Waals surface area contributed by atoms with Gasteiger partial charge in [-0.05, 0) is 17.7 Å². The summed E-state index contributed by atoms with van der Waals surface area (Å²) < 4.78 is 0. The van der Waals surface area contributed by atoms with Crippen LogP contribution < -0.4 is 0 Å². The van der Waals surface area contributed by atoms with E-state index in [2.05, 4.69) is 0 Å². The van der Waals surface area contributed by atoms with Crippen molar-refractivity contribution < 1.29 is 0 Å². The van der Waals surface area contributed by atoms with E-state index in [4.69, 9.17) is 17.0 Å². The maximum Gasteiger partial charge on any atom is 0.0984 e. The van der Waals surface area contributed by atoms with Gasteiger partial charge in [-0.3, -0.25) is 5.41 Å². The molecule has 0 saturated heterocycles. The smallest absolute Gasteiger partial charge is 0.0984 e. The predicted molar refractivity (Wildman–Crippen MR) is 65.5 cm³/mol. The van der Waals surface area contributed by atoms with E-state index in [-0.39, 0.29) is 5.92 Å². The van der Waals surface area contributed by atoms with E-state index in [1.165, 1.54) is 0 Å². The fraction of sp³-hybridized carbons (Fsp3) is 0.417. The van der Waals surface area contributed by atoms with Crippen molar-refractivity contribution in [1.29, 1.82) is 5.41 Å². The van der Waals surface area contributed by atoms with Gasteiger partial charge in [-0.15, -0.1) is 0 Å². The number of halogens is 1. The number of benzene rings is 1. The number of hydrogen-bond donors (Lipinski definition) is 1. The molecule has 0 bridgehead atoms. The number of rotatable bonds is 3. The van der Waals surface area contributed by atoms with Gasteiger partial charge in [0.2, 0.25) is 0 Å². The molecule has 2 nitrogen and oxygen atoms in total. The number of nitrogens with zero attached hydrogens (tertiary/aromatic N) is 1. The summed E-state index contributed by atoms with van der Waals surface area (Å²) in [5.41, 5.74) is 1.13. The van der Waals surface area contributed by atoms with Crippen LogP contribution in [0.2, 0.25) is 5.02 Å². The van der Waals surface area contributed by atoms with Crippen LogP contribution in [0.1, 0.15) is 19.4 Å². The summed E-state index contributed by atoms with van der Waals surface area (Å²) in [5, 5.41) is 8.59. The van der Waals surface area contributed by atoms with E-state index in [1.54, 1.807) is 0 Å². The molecule has 1 N–H and O–H groups in total. The molecule has 0 radical (unpaired) electrons. The minimum atomic E-state index is 0.259. The minimum absolute atomic E-state index is 0.259. The highest BCUT2D eigenvalue weighted by atomic mass is 35.5.